The molecule has 0 aliphatic carbocycles. The molecule has 0 spiro atoms. The Morgan fingerprint density at radius 2 is 2.06 bits per heavy atom. The van der Waals surface area contributed by atoms with E-state index in [1.165, 1.54) is 14.2 Å². The monoisotopic (exact) mass is 242 g/mol. The van der Waals surface area contributed by atoms with E-state index in [9.17, 15) is 9.36 Å². The molecule has 0 amide bonds. The van der Waals surface area contributed by atoms with Crippen molar-refractivity contribution in [1.29, 1.82) is 0 Å². The molecule has 0 N–H and O–H groups in total. The number of benzene rings is 1. The van der Waals surface area contributed by atoms with E-state index in [1.807, 2.05) is 0 Å². The van der Waals surface area contributed by atoms with Gasteiger partial charge in [-0.05, 0) is 18.2 Å². The lowest BCUT2D eigenvalue weighted by molar-refractivity contribution is 0.0601. The summed E-state index contributed by atoms with van der Waals surface area (Å²) in [6.07, 6.45) is 0.397. The van der Waals surface area contributed by atoms with Gasteiger partial charge in [0.05, 0.1) is 12.7 Å². The number of rotatable bonds is 4. The summed E-state index contributed by atoms with van der Waals surface area (Å²) in [7, 11) is -0.0963. The van der Waals surface area contributed by atoms with Crippen molar-refractivity contribution in [2.24, 2.45) is 0 Å². The summed E-state index contributed by atoms with van der Waals surface area (Å²) in [6, 6.07) is 6.54. The predicted octanol–water partition coefficient (Wildman–Crippen LogP) is 2.04. The van der Waals surface area contributed by atoms with E-state index in [1.54, 1.807) is 31.2 Å². The summed E-state index contributed by atoms with van der Waals surface area (Å²) in [4.78, 5) is 11.3. The fourth-order valence-corrected chi connectivity index (χ4v) is 2.86. The van der Waals surface area contributed by atoms with E-state index in [0.29, 0.717) is 17.0 Å². The minimum absolute atomic E-state index is 0.380. The molecule has 1 aromatic rings. The van der Waals surface area contributed by atoms with Gasteiger partial charge in [-0.3, -0.25) is 4.57 Å². The summed E-state index contributed by atoms with van der Waals surface area (Å²) < 4.78 is 21.9. The minimum atomic E-state index is -2.82. The Bertz CT molecular complexity index is 420. The Kier molecular flexibility index (Phi) is 4.27. The Morgan fingerprint density at radius 3 is 2.56 bits per heavy atom. The Labute approximate surface area is 95.0 Å². The van der Waals surface area contributed by atoms with Crippen LogP contribution in [0.4, 0.5) is 0 Å². The molecular formula is C11H15O4P. The van der Waals surface area contributed by atoms with Crippen LogP contribution >= 0.6 is 7.37 Å². The van der Waals surface area contributed by atoms with Crippen molar-refractivity contribution in [3.8, 4) is 0 Å². The Morgan fingerprint density at radius 1 is 1.38 bits per heavy atom. The third-order valence-electron chi connectivity index (χ3n) is 2.37. The first-order chi connectivity index (χ1) is 7.57. The minimum Gasteiger partial charge on any atom is -0.465 e. The molecule has 1 atom stereocenters. The van der Waals surface area contributed by atoms with Crippen molar-refractivity contribution in [2.45, 2.75) is 6.92 Å². The van der Waals surface area contributed by atoms with Crippen LogP contribution in [-0.2, 0) is 13.8 Å². The average Bonchev–Trinajstić information content (AvgIpc) is 2.37. The smallest absolute Gasteiger partial charge is 0.337 e. The largest absolute Gasteiger partial charge is 0.465 e. The van der Waals surface area contributed by atoms with Crippen LogP contribution in [0.15, 0.2) is 24.3 Å². The van der Waals surface area contributed by atoms with Gasteiger partial charge < -0.3 is 9.26 Å². The van der Waals surface area contributed by atoms with Crippen molar-refractivity contribution in [3.63, 3.8) is 0 Å². The first-order valence-corrected chi connectivity index (χ1v) is 6.72. The molecular weight excluding hydrogens is 227 g/mol. The highest BCUT2D eigenvalue weighted by Crippen LogP contribution is 2.44. The zero-order valence-corrected chi connectivity index (χ0v) is 10.5. The third-order valence-corrected chi connectivity index (χ3v) is 4.86. The molecule has 1 aromatic carbocycles. The maximum absolute atomic E-state index is 12.2. The number of methoxy groups -OCH3 is 1. The van der Waals surface area contributed by atoms with E-state index >= 15 is 0 Å². The highest BCUT2D eigenvalue weighted by Gasteiger charge is 2.22. The quantitative estimate of drug-likeness (QED) is 0.599. The molecule has 5 heteroatoms. The predicted molar refractivity (Wildman–Crippen MR) is 62.6 cm³/mol. The molecule has 1 rings (SSSR count). The molecule has 0 aliphatic heterocycles. The van der Waals surface area contributed by atoms with Crippen LogP contribution in [0.3, 0.4) is 0 Å². The van der Waals surface area contributed by atoms with Gasteiger partial charge in [-0.25, -0.2) is 4.79 Å². The van der Waals surface area contributed by atoms with Crippen LogP contribution in [0.25, 0.3) is 0 Å². The molecule has 0 aliphatic rings. The molecule has 0 aromatic heterocycles. The Hall–Kier alpha value is -1.12. The SMILES string of the molecule is CCP(=O)(OC)c1cccc(C(=O)OC)c1. The van der Waals surface area contributed by atoms with Crippen LogP contribution in [0.5, 0.6) is 0 Å². The van der Waals surface area contributed by atoms with Crippen molar-refractivity contribution in [1.82, 2.24) is 0 Å². The fraction of sp³-hybridized carbons (Fsp3) is 0.364. The number of hydrogen-bond donors (Lipinski definition) is 0. The van der Waals surface area contributed by atoms with Gasteiger partial charge in [-0.15, -0.1) is 0 Å². The maximum Gasteiger partial charge on any atom is 0.337 e. The summed E-state index contributed by atoms with van der Waals surface area (Å²) in [5, 5.41) is 0.542. The van der Waals surface area contributed by atoms with Crippen LogP contribution < -0.4 is 5.30 Å². The number of ether oxygens (including phenoxy) is 1. The van der Waals surface area contributed by atoms with E-state index in [2.05, 4.69) is 4.74 Å². The van der Waals surface area contributed by atoms with Crippen molar-refractivity contribution in [2.75, 3.05) is 20.4 Å². The van der Waals surface area contributed by atoms with Crippen molar-refractivity contribution >= 4 is 18.6 Å². The number of esters is 1. The van der Waals surface area contributed by atoms with Crippen molar-refractivity contribution in [3.05, 3.63) is 29.8 Å². The molecule has 0 bridgehead atoms. The molecule has 0 saturated carbocycles. The lowest BCUT2D eigenvalue weighted by Gasteiger charge is -2.14. The zero-order valence-electron chi connectivity index (χ0n) is 9.60. The lowest BCUT2D eigenvalue weighted by Crippen LogP contribution is -2.11. The van der Waals surface area contributed by atoms with Gasteiger partial charge in [0.2, 0.25) is 7.37 Å². The molecule has 16 heavy (non-hydrogen) atoms. The zero-order chi connectivity index (χ0) is 12.2. The van der Waals surface area contributed by atoms with E-state index in [4.69, 9.17) is 4.52 Å². The Balaban J connectivity index is 3.17. The molecule has 1 unspecified atom stereocenters. The summed E-state index contributed by atoms with van der Waals surface area (Å²) in [6.45, 7) is 1.79. The first kappa shape index (κ1) is 12.9. The topological polar surface area (TPSA) is 52.6 Å². The highest BCUT2D eigenvalue weighted by atomic mass is 31.2. The molecule has 4 nitrogen and oxygen atoms in total. The average molecular weight is 242 g/mol. The molecule has 0 radical (unpaired) electrons. The fourth-order valence-electron chi connectivity index (χ4n) is 1.38. The second kappa shape index (κ2) is 5.28. The molecule has 0 saturated heterocycles. The molecule has 0 heterocycles. The molecule has 0 fully saturated rings. The van der Waals surface area contributed by atoms with Crippen molar-refractivity contribution < 1.29 is 18.6 Å². The number of carbonyl (C=O) groups is 1. The van der Waals surface area contributed by atoms with Crippen LogP contribution in [0.2, 0.25) is 0 Å². The summed E-state index contributed by atoms with van der Waals surface area (Å²) in [5.74, 6) is -0.444. The summed E-state index contributed by atoms with van der Waals surface area (Å²) >= 11 is 0. The standard InChI is InChI=1S/C11H15O4P/c1-4-16(13,15-3)10-7-5-6-9(8-10)11(12)14-2/h5-8H,4H2,1-3H3. The second-order valence-corrected chi connectivity index (χ2v) is 6.07. The van der Waals surface area contributed by atoms with Gasteiger partial charge in [-0.2, -0.15) is 0 Å². The highest BCUT2D eigenvalue weighted by molar-refractivity contribution is 7.66. The number of hydrogen-bond acceptors (Lipinski definition) is 4. The van der Waals surface area contributed by atoms with Gasteiger partial charge in [0.25, 0.3) is 0 Å². The van der Waals surface area contributed by atoms with Gasteiger partial charge in [-0.1, -0.05) is 13.0 Å². The van der Waals surface area contributed by atoms with E-state index in [0.717, 1.165) is 0 Å². The van der Waals surface area contributed by atoms with Crippen LogP contribution in [0.1, 0.15) is 17.3 Å². The lowest BCUT2D eigenvalue weighted by atomic mass is 10.2. The van der Waals surface area contributed by atoms with E-state index in [-0.39, 0.29) is 0 Å². The first-order valence-electron chi connectivity index (χ1n) is 4.91. The summed E-state index contributed by atoms with van der Waals surface area (Å²) in [5.41, 5.74) is 0.380. The second-order valence-electron chi connectivity index (χ2n) is 3.21. The third kappa shape index (κ3) is 2.52. The normalized spacial score (nSPS) is 14.2. The van der Waals surface area contributed by atoms with Gasteiger partial charge in [0.1, 0.15) is 0 Å². The maximum atomic E-state index is 12.2. The van der Waals surface area contributed by atoms with Crippen LogP contribution in [-0.4, -0.2) is 26.4 Å². The number of carbonyl (C=O) groups excluding carboxylic acids is 1. The van der Waals surface area contributed by atoms with Gasteiger partial charge in [0, 0.05) is 18.6 Å². The van der Waals surface area contributed by atoms with Crippen LogP contribution in [0, 0.1) is 0 Å². The van der Waals surface area contributed by atoms with Gasteiger partial charge in [0.15, 0.2) is 0 Å². The van der Waals surface area contributed by atoms with E-state index < -0.39 is 13.3 Å². The molecule has 88 valence electrons. The van der Waals surface area contributed by atoms with Gasteiger partial charge >= 0.3 is 5.97 Å².